The van der Waals surface area contributed by atoms with E-state index in [9.17, 15) is 22.4 Å². The number of carbonyl (C=O) groups excluding carboxylic acids is 1. The van der Waals surface area contributed by atoms with Crippen molar-refractivity contribution in [2.45, 2.75) is 39.5 Å². The van der Waals surface area contributed by atoms with Gasteiger partial charge in [0.1, 0.15) is 5.82 Å². The zero-order valence-electron chi connectivity index (χ0n) is 17.8. The smallest absolute Gasteiger partial charge is 0.381 e. The Kier molecular flexibility index (Phi) is 6.86. The average Bonchev–Trinajstić information content (AvgIpc) is 3.16. The second kappa shape index (κ2) is 9.42. The van der Waals surface area contributed by atoms with Crippen LogP contribution in [-0.2, 0) is 12.7 Å². The van der Waals surface area contributed by atoms with E-state index in [-0.39, 0.29) is 30.0 Å². The molecule has 0 bridgehead atoms. The van der Waals surface area contributed by atoms with Crippen LogP contribution >= 0.6 is 0 Å². The SMILES string of the molecule is CC(C)C(C)NC(=O)c1noc(-c2ccc(C(F)(F)F)cc2)c1CNc1ccc(F)cc1. The lowest BCUT2D eigenvalue weighted by Crippen LogP contribution is -2.36. The summed E-state index contributed by atoms with van der Waals surface area (Å²) in [6, 6.07) is 9.90. The van der Waals surface area contributed by atoms with Crippen LogP contribution in [-0.4, -0.2) is 17.1 Å². The van der Waals surface area contributed by atoms with Crippen molar-refractivity contribution in [3.8, 4) is 11.3 Å². The van der Waals surface area contributed by atoms with Gasteiger partial charge < -0.3 is 15.2 Å². The minimum atomic E-state index is -4.47. The number of aromatic nitrogens is 1. The van der Waals surface area contributed by atoms with Crippen LogP contribution in [0, 0.1) is 11.7 Å². The highest BCUT2D eigenvalue weighted by atomic mass is 19.4. The number of benzene rings is 2. The maximum absolute atomic E-state index is 13.2. The third-order valence-electron chi connectivity index (χ3n) is 5.15. The van der Waals surface area contributed by atoms with Gasteiger partial charge in [0.2, 0.25) is 0 Å². The minimum Gasteiger partial charge on any atom is -0.381 e. The van der Waals surface area contributed by atoms with Gasteiger partial charge in [-0.15, -0.1) is 0 Å². The van der Waals surface area contributed by atoms with E-state index in [0.29, 0.717) is 16.8 Å². The summed E-state index contributed by atoms with van der Waals surface area (Å²) in [6.45, 7) is 5.86. The molecule has 5 nitrogen and oxygen atoms in total. The fourth-order valence-corrected chi connectivity index (χ4v) is 2.89. The van der Waals surface area contributed by atoms with Crippen LogP contribution in [0.4, 0.5) is 23.2 Å². The number of nitrogens with one attached hydrogen (secondary N) is 2. The van der Waals surface area contributed by atoms with Gasteiger partial charge in [-0.05, 0) is 49.2 Å². The molecular formula is C23H23F4N3O2. The molecule has 2 N–H and O–H groups in total. The number of anilines is 1. The van der Waals surface area contributed by atoms with E-state index in [1.54, 1.807) is 0 Å². The van der Waals surface area contributed by atoms with Crippen molar-refractivity contribution in [1.82, 2.24) is 10.5 Å². The number of alkyl halides is 3. The molecule has 0 fully saturated rings. The summed E-state index contributed by atoms with van der Waals surface area (Å²) in [4.78, 5) is 12.8. The predicted octanol–water partition coefficient (Wildman–Crippen LogP) is 5.89. The largest absolute Gasteiger partial charge is 0.416 e. The Morgan fingerprint density at radius 1 is 1.03 bits per heavy atom. The number of halogens is 4. The van der Waals surface area contributed by atoms with Crippen molar-refractivity contribution in [2.75, 3.05) is 5.32 Å². The normalized spacial score (nSPS) is 12.6. The Morgan fingerprint density at radius 2 is 1.66 bits per heavy atom. The molecule has 170 valence electrons. The molecule has 3 rings (SSSR count). The van der Waals surface area contributed by atoms with Crippen molar-refractivity contribution < 1.29 is 26.9 Å². The molecule has 32 heavy (non-hydrogen) atoms. The number of hydrogen-bond acceptors (Lipinski definition) is 4. The van der Waals surface area contributed by atoms with E-state index < -0.39 is 23.5 Å². The first-order valence-corrected chi connectivity index (χ1v) is 10.0. The summed E-state index contributed by atoms with van der Waals surface area (Å²) >= 11 is 0. The summed E-state index contributed by atoms with van der Waals surface area (Å²) in [5, 5.41) is 9.81. The van der Waals surface area contributed by atoms with E-state index in [1.807, 2.05) is 20.8 Å². The van der Waals surface area contributed by atoms with Crippen LogP contribution in [0.3, 0.4) is 0 Å². The lowest BCUT2D eigenvalue weighted by Gasteiger charge is -2.17. The molecule has 0 aliphatic heterocycles. The molecule has 9 heteroatoms. The number of hydrogen-bond donors (Lipinski definition) is 2. The lowest BCUT2D eigenvalue weighted by molar-refractivity contribution is -0.137. The molecule has 2 aromatic carbocycles. The van der Waals surface area contributed by atoms with Gasteiger partial charge >= 0.3 is 6.18 Å². The van der Waals surface area contributed by atoms with Gasteiger partial charge in [0.15, 0.2) is 11.5 Å². The molecule has 1 unspecified atom stereocenters. The number of rotatable bonds is 7. The Morgan fingerprint density at radius 3 is 2.22 bits per heavy atom. The molecule has 1 atom stereocenters. The molecule has 0 spiro atoms. The summed E-state index contributed by atoms with van der Waals surface area (Å²) < 4.78 is 57.3. The maximum atomic E-state index is 13.2. The lowest BCUT2D eigenvalue weighted by atomic mass is 10.0. The number of amides is 1. The second-order valence-corrected chi connectivity index (χ2v) is 7.78. The third-order valence-corrected chi connectivity index (χ3v) is 5.15. The molecule has 0 aliphatic rings. The monoisotopic (exact) mass is 449 g/mol. The molecular weight excluding hydrogens is 426 g/mol. The summed E-state index contributed by atoms with van der Waals surface area (Å²) in [5.74, 6) is -0.491. The minimum absolute atomic E-state index is 0.0296. The van der Waals surface area contributed by atoms with Crippen LogP contribution in [0.1, 0.15) is 42.4 Å². The van der Waals surface area contributed by atoms with E-state index >= 15 is 0 Å². The van der Waals surface area contributed by atoms with Gasteiger partial charge in [-0.3, -0.25) is 4.79 Å². The first-order valence-electron chi connectivity index (χ1n) is 10.0. The molecule has 0 aliphatic carbocycles. The summed E-state index contributed by atoms with van der Waals surface area (Å²) in [5.41, 5.74) is 0.547. The average molecular weight is 449 g/mol. The number of carbonyl (C=O) groups is 1. The molecule has 1 heterocycles. The highest BCUT2D eigenvalue weighted by molar-refractivity contribution is 5.95. The van der Waals surface area contributed by atoms with Crippen molar-refractivity contribution >= 4 is 11.6 Å². The van der Waals surface area contributed by atoms with Crippen LogP contribution in [0.5, 0.6) is 0 Å². The summed E-state index contributed by atoms with van der Waals surface area (Å²) in [6.07, 6.45) is -4.47. The highest BCUT2D eigenvalue weighted by Gasteiger charge is 2.31. The van der Waals surface area contributed by atoms with E-state index in [0.717, 1.165) is 12.1 Å². The Hall–Kier alpha value is -3.36. The van der Waals surface area contributed by atoms with Crippen LogP contribution in [0.15, 0.2) is 53.1 Å². The highest BCUT2D eigenvalue weighted by Crippen LogP contribution is 2.33. The zero-order valence-corrected chi connectivity index (χ0v) is 17.8. The molecule has 0 saturated heterocycles. The molecule has 1 aromatic heterocycles. The van der Waals surface area contributed by atoms with Crippen LogP contribution in [0.25, 0.3) is 11.3 Å². The van der Waals surface area contributed by atoms with E-state index in [2.05, 4.69) is 15.8 Å². The van der Waals surface area contributed by atoms with Crippen molar-refractivity contribution in [3.05, 3.63) is 71.2 Å². The van der Waals surface area contributed by atoms with Gasteiger partial charge in [-0.2, -0.15) is 13.2 Å². The zero-order chi connectivity index (χ0) is 23.5. The molecule has 0 radical (unpaired) electrons. The maximum Gasteiger partial charge on any atom is 0.416 e. The van der Waals surface area contributed by atoms with Gasteiger partial charge in [-0.25, -0.2) is 4.39 Å². The fraction of sp³-hybridized carbons (Fsp3) is 0.304. The van der Waals surface area contributed by atoms with Crippen molar-refractivity contribution in [2.24, 2.45) is 5.92 Å². The van der Waals surface area contributed by atoms with Crippen LogP contribution < -0.4 is 10.6 Å². The first kappa shape index (κ1) is 23.3. The van der Waals surface area contributed by atoms with Crippen molar-refractivity contribution in [1.29, 1.82) is 0 Å². The fourth-order valence-electron chi connectivity index (χ4n) is 2.89. The summed E-state index contributed by atoms with van der Waals surface area (Å²) in [7, 11) is 0. The molecule has 1 amide bonds. The topological polar surface area (TPSA) is 67.2 Å². The van der Waals surface area contributed by atoms with Crippen LogP contribution in [0.2, 0.25) is 0 Å². The van der Waals surface area contributed by atoms with Gasteiger partial charge in [-0.1, -0.05) is 31.1 Å². The molecule has 0 saturated carbocycles. The third kappa shape index (κ3) is 5.46. The van der Waals surface area contributed by atoms with Gasteiger partial charge in [0, 0.05) is 23.8 Å². The second-order valence-electron chi connectivity index (χ2n) is 7.78. The Labute approximate surface area is 182 Å². The molecule has 3 aromatic rings. The Bertz CT molecular complexity index is 1060. The van der Waals surface area contributed by atoms with E-state index in [1.165, 1.54) is 36.4 Å². The van der Waals surface area contributed by atoms with Gasteiger partial charge in [0.05, 0.1) is 11.1 Å². The Balaban J connectivity index is 1.94. The van der Waals surface area contributed by atoms with Crippen molar-refractivity contribution in [3.63, 3.8) is 0 Å². The first-order chi connectivity index (χ1) is 15.1. The quantitative estimate of drug-likeness (QED) is 0.442. The van der Waals surface area contributed by atoms with E-state index in [4.69, 9.17) is 4.52 Å². The predicted molar refractivity (Wildman–Crippen MR) is 112 cm³/mol. The standard InChI is InChI=1S/C23H23F4N3O2/c1-13(2)14(3)29-22(31)20-19(12-28-18-10-8-17(24)9-11-18)21(32-30-20)15-4-6-16(7-5-15)23(25,26)27/h4-11,13-14,28H,12H2,1-3H3,(H,29,31). The number of nitrogens with zero attached hydrogens (tertiary/aromatic N) is 1. The van der Waals surface area contributed by atoms with Gasteiger partial charge in [0.25, 0.3) is 5.91 Å².